The van der Waals surface area contributed by atoms with Crippen molar-refractivity contribution in [2.24, 2.45) is 0 Å². The van der Waals surface area contributed by atoms with E-state index in [-0.39, 0.29) is 18.7 Å². The highest BCUT2D eigenvalue weighted by Gasteiger charge is 2.31. The summed E-state index contributed by atoms with van der Waals surface area (Å²) in [6.07, 6.45) is -0.255. The van der Waals surface area contributed by atoms with Gasteiger partial charge in [-0.1, -0.05) is 6.82 Å². The predicted molar refractivity (Wildman–Crippen MR) is 38.0 cm³/mol. The predicted octanol–water partition coefficient (Wildman–Crippen LogP) is -0.793. The van der Waals surface area contributed by atoms with Gasteiger partial charge in [-0.05, 0) is 6.42 Å². The molecule has 1 fully saturated rings. The standard InChI is InChI=1S/C6H12BO3/c1-7-6-2-4(9)5(3-8)10-6/h4-6,8-9H,2-3H2,1H3/t4-,5-,6-/m1/s1. The van der Waals surface area contributed by atoms with Gasteiger partial charge in [0, 0.05) is 6.00 Å². The average molecular weight is 143 g/mol. The highest BCUT2D eigenvalue weighted by molar-refractivity contribution is 6.35. The lowest BCUT2D eigenvalue weighted by atomic mass is 9.73. The van der Waals surface area contributed by atoms with Crippen molar-refractivity contribution in [2.45, 2.75) is 31.5 Å². The summed E-state index contributed by atoms with van der Waals surface area (Å²) in [6, 6.07) is 0.0205. The van der Waals surface area contributed by atoms with E-state index in [4.69, 9.17) is 9.84 Å². The van der Waals surface area contributed by atoms with Crippen molar-refractivity contribution in [1.82, 2.24) is 0 Å². The summed E-state index contributed by atoms with van der Waals surface area (Å²) < 4.78 is 5.22. The quantitative estimate of drug-likeness (QED) is 0.498. The summed E-state index contributed by atoms with van der Waals surface area (Å²) in [5, 5.41) is 17.8. The highest BCUT2D eigenvalue weighted by Crippen LogP contribution is 2.18. The number of hydrogen-bond donors (Lipinski definition) is 2. The fourth-order valence-corrected chi connectivity index (χ4v) is 1.14. The van der Waals surface area contributed by atoms with Crippen molar-refractivity contribution < 1.29 is 14.9 Å². The first-order chi connectivity index (χ1) is 4.77. The van der Waals surface area contributed by atoms with Crippen LogP contribution in [0, 0.1) is 0 Å². The van der Waals surface area contributed by atoms with Gasteiger partial charge in [0.05, 0.1) is 12.7 Å². The van der Waals surface area contributed by atoms with Crippen LogP contribution in [0.25, 0.3) is 0 Å². The van der Waals surface area contributed by atoms with Crippen molar-refractivity contribution >= 4 is 7.28 Å². The van der Waals surface area contributed by atoms with Crippen LogP contribution in [0.5, 0.6) is 0 Å². The Morgan fingerprint density at radius 3 is 2.70 bits per heavy atom. The van der Waals surface area contributed by atoms with E-state index in [2.05, 4.69) is 0 Å². The molecule has 57 valence electrons. The van der Waals surface area contributed by atoms with Crippen LogP contribution >= 0.6 is 0 Å². The Hall–Kier alpha value is -0.0551. The second-order valence-electron chi connectivity index (χ2n) is 2.53. The van der Waals surface area contributed by atoms with Crippen LogP contribution in [-0.2, 0) is 4.74 Å². The molecule has 3 nitrogen and oxygen atoms in total. The van der Waals surface area contributed by atoms with Crippen LogP contribution in [0.2, 0.25) is 6.82 Å². The van der Waals surface area contributed by atoms with Gasteiger partial charge in [0.1, 0.15) is 13.4 Å². The van der Waals surface area contributed by atoms with E-state index >= 15 is 0 Å². The Labute approximate surface area is 61.2 Å². The lowest BCUT2D eigenvalue weighted by Gasteiger charge is -2.09. The fraction of sp³-hybridized carbons (Fsp3) is 1.00. The molecule has 0 bridgehead atoms. The molecule has 1 aliphatic heterocycles. The van der Waals surface area contributed by atoms with E-state index in [1.54, 1.807) is 0 Å². The van der Waals surface area contributed by atoms with Gasteiger partial charge in [-0.25, -0.2) is 0 Å². The van der Waals surface area contributed by atoms with E-state index in [0.717, 1.165) is 0 Å². The molecule has 0 amide bonds. The van der Waals surface area contributed by atoms with Crippen LogP contribution in [0.3, 0.4) is 0 Å². The van der Waals surface area contributed by atoms with Gasteiger partial charge in [0.25, 0.3) is 0 Å². The molecule has 4 heteroatoms. The minimum atomic E-state index is -0.494. The number of ether oxygens (including phenoxy) is 1. The van der Waals surface area contributed by atoms with E-state index in [1.165, 1.54) is 0 Å². The molecule has 1 aliphatic rings. The number of rotatable bonds is 2. The molecule has 2 N–H and O–H groups in total. The topological polar surface area (TPSA) is 49.7 Å². The number of hydrogen-bond acceptors (Lipinski definition) is 3. The Kier molecular flexibility index (Phi) is 2.71. The molecule has 1 radical (unpaired) electrons. The second-order valence-corrected chi connectivity index (χ2v) is 2.53. The molecule has 0 unspecified atom stereocenters. The molecule has 1 heterocycles. The second kappa shape index (κ2) is 3.37. The fourth-order valence-electron chi connectivity index (χ4n) is 1.14. The van der Waals surface area contributed by atoms with Gasteiger partial charge in [0.2, 0.25) is 0 Å². The summed E-state index contributed by atoms with van der Waals surface area (Å²) >= 11 is 0. The van der Waals surface area contributed by atoms with Gasteiger partial charge >= 0.3 is 0 Å². The number of aliphatic hydroxyl groups is 2. The molecule has 10 heavy (non-hydrogen) atoms. The molecule has 0 aromatic carbocycles. The van der Waals surface area contributed by atoms with Crippen molar-refractivity contribution in [3.63, 3.8) is 0 Å². The smallest absolute Gasteiger partial charge is 0.146 e. The van der Waals surface area contributed by atoms with Gasteiger partial charge in [-0.3, -0.25) is 0 Å². The first-order valence-corrected chi connectivity index (χ1v) is 3.51. The molecular weight excluding hydrogens is 131 g/mol. The monoisotopic (exact) mass is 143 g/mol. The Morgan fingerprint density at radius 2 is 2.40 bits per heavy atom. The number of aliphatic hydroxyl groups excluding tert-OH is 2. The Balaban J connectivity index is 2.36. The molecular formula is C6H12BO3. The average Bonchev–Trinajstić information content (AvgIpc) is 2.30. The Bertz CT molecular complexity index is 109. The van der Waals surface area contributed by atoms with E-state index in [9.17, 15) is 5.11 Å². The van der Waals surface area contributed by atoms with Crippen LogP contribution in [0.15, 0.2) is 0 Å². The molecule has 3 atom stereocenters. The van der Waals surface area contributed by atoms with Crippen LogP contribution in [0.1, 0.15) is 6.42 Å². The third-order valence-corrected chi connectivity index (χ3v) is 1.80. The van der Waals surface area contributed by atoms with Crippen LogP contribution in [0.4, 0.5) is 0 Å². The van der Waals surface area contributed by atoms with Crippen molar-refractivity contribution in [3.8, 4) is 0 Å². The Morgan fingerprint density at radius 1 is 1.70 bits per heavy atom. The summed E-state index contributed by atoms with van der Waals surface area (Å²) in [4.78, 5) is 0. The van der Waals surface area contributed by atoms with Gasteiger partial charge < -0.3 is 14.9 Å². The zero-order chi connectivity index (χ0) is 7.56. The molecule has 0 aromatic heterocycles. The first kappa shape index (κ1) is 8.05. The van der Waals surface area contributed by atoms with E-state index in [0.29, 0.717) is 6.42 Å². The maximum absolute atomic E-state index is 9.19. The zero-order valence-corrected chi connectivity index (χ0v) is 6.03. The molecule has 1 saturated heterocycles. The van der Waals surface area contributed by atoms with Crippen molar-refractivity contribution in [3.05, 3.63) is 0 Å². The lowest BCUT2D eigenvalue weighted by molar-refractivity contribution is -0.00465. The maximum Gasteiger partial charge on any atom is 0.146 e. The third-order valence-electron chi connectivity index (χ3n) is 1.80. The van der Waals surface area contributed by atoms with Gasteiger partial charge in [-0.15, -0.1) is 0 Å². The van der Waals surface area contributed by atoms with Gasteiger partial charge in [-0.2, -0.15) is 0 Å². The third kappa shape index (κ3) is 1.51. The molecule has 0 aliphatic carbocycles. The summed E-state index contributed by atoms with van der Waals surface area (Å²) in [5.74, 6) is 0. The highest BCUT2D eigenvalue weighted by atomic mass is 16.5. The lowest BCUT2D eigenvalue weighted by Crippen LogP contribution is -2.24. The summed E-state index contributed by atoms with van der Waals surface area (Å²) in [6.45, 7) is 1.79. The van der Waals surface area contributed by atoms with Crippen molar-refractivity contribution in [1.29, 1.82) is 0 Å². The van der Waals surface area contributed by atoms with Crippen LogP contribution < -0.4 is 0 Å². The first-order valence-electron chi connectivity index (χ1n) is 3.51. The van der Waals surface area contributed by atoms with Gasteiger partial charge in [0.15, 0.2) is 0 Å². The van der Waals surface area contributed by atoms with E-state index in [1.807, 2.05) is 14.1 Å². The summed E-state index contributed by atoms with van der Waals surface area (Å²) in [7, 11) is 1.89. The van der Waals surface area contributed by atoms with Crippen molar-refractivity contribution in [2.75, 3.05) is 6.61 Å². The molecule has 0 spiro atoms. The molecule has 0 saturated carbocycles. The summed E-state index contributed by atoms with van der Waals surface area (Å²) in [5.41, 5.74) is 0. The van der Waals surface area contributed by atoms with Crippen LogP contribution in [-0.4, -0.2) is 42.3 Å². The minimum absolute atomic E-state index is 0.0205. The minimum Gasteiger partial charge on any atom is -0.394 e. The largest absolute Gasteiger partial charge is 0.394 e. The SMILES string of the molecule is C[B][C@H]1C[C@@H](O)[C@@H](CO)O1. The zero-order valence-electron chi connectivity index (χ0n) is 6.03. The maximum atomic E-state index is 9.19. The van der Waals surface area contributed by atoms with E-state index < -0.39 is 6.10 Å². The molecule has 0 aromatic rings. The normalized spacial score (nSPS) is 40.1. The molecule has 1 rings (SSSR count).